The molecule has 0 aliphatic rings. The van der Waals surface area contributed by atoms with Gasteiger partial charge in [0.1, 0.15) is 0 Å². The topological polar surface area (TPSA) is 62.4 Å². The van der Waals surface area contributed by atoms with E-state index in [9.17, 15) is 0 Å². The Bertz CT molecular complexity index is 393. The first-order valence-corrected chi connectivity index (χ1v) is 6.16. The molecule has 0 aliphatic carbocycles. The average Bonchev–Trinajstić information content (AvgIpc) is 2.32. The highest BCUT2D eigenvalue weighted by atomic mass is 35.5. The fraction of sp³-hybridized carbons (Fsp3) is 0.364. The van der Waals surface area contributed by atoms with Crippen LogP contribution in [0.1, 0.15) is 19.8 Å². The number of anilines is 1. The maximum atomic E-state index is 5.90. The molecular formula is C11H16Cl2N4. The molecule has 4 N–H and O–H groups in total. The highest BCUT2D eigenvalue weighted by Gasteiger charge is 2.01. The van der Waals surface area contributed by atoms with Crippen LogP contribution >= 0.6 is 23.2 Å². The van der Waals surface area contributed by atoms with Gasteiger partial charge in [0.25, 0.3) is 0 Å². The molecule has 0 saturated heterocycles. The summed E-state index contributed by atoms with van der Waals surface area (Å²) in [5, 5.41) is 4.03. The molecule has 1 rings (SSSR count). The highest BCUT2D eigenvalue weighted by molar-refractivity contribution is 6.42. The van der Waals surface area contributed by atoms with Crippen LogP contribution in [0.5, 0.6) is 0 Å². The maximum absolute atomic E-state index is 5.90. The van der Waals surface area contributed by atoms with Gasteiger partial charge in [0, 0.05) is 12.2 Å². The van der Waals surface area contributed by atoms with Gasteiger partial charge in [-0.3, -0.25) is 10.4 Å². The number of unbranched alkanes of at least 4 members (excludes halogenated alkanes) is 1. The number of hydrogen-bond acceptors (Lipinski definition) is 2. The van der Waals surface area contributed by atoms with Gasteiger partial charge in [0.15, 0.2) is 0 Å². The zero-order valence-electron chi connectivity index (χ0n) is 9.63. The molecule has 0 unspecified atom stereocenters. The number of nitrogens with two attached hydrogens (primary N) is 1. The van der Waals surface area contributed by atoms with Crippen LogP contribution in [0.4, 0.5) is 5.69 Å². The number of benzene rings is 1. The molecule has 0 bridgehead atoms. The van der Waals surface area contributed by atoms with Gasteiger partial charge in [-0.05, 0) is 24.6 Å². The molecule has 0 atom stereocenters. The molecule has 0 radical (unpaired) electrons. The molecule has 0 aromatic heterocycles. The van der Waals surface area contributed by atoms with Crippen molar-refractivity contribution in [3.63, 3.8) is 0 Å². The summed E-state index contributed by atoms with van der Waals surface area (Å²) in [6.07, 6.45) is 2.11. The van der Waals surface area contributed by atoms with Crippen LogP contribution in [0.25, 0.3) is 0 Å². The van der Waals surface area contributed by atoms with Crippen LogP contribution in [0.3, 0.4) is 0 Å². The average molecular weight is 275 g/mol. The zero-order valence-corrected chi connectivity index (χ0v) is 11.1. The Morgan fingerprint density at radius 1 is 1.35 bits per heavy atom. The lowest BCUT2D eigenvalue weighted by atomic mass is 10.3. The molecule has 1 aromatic rings. The van der Waals surface area contributed by atoms with E-state index in [-0.39, 0.29) is 0 Å². The van der Waals surface area contributed by atoms with Crippen LogP contribution < -0.4 is 16.6 Å². The first-order chi connectivity index (χ1) is 8.17. The summed E-state index contributed by atoms with van der Waals surface area (Å²) in [6.45, 7) is 2.84. The Labute approximate surface area is 111 Å². The van der Waals surface area contributed by atoms with Crippen molar-refractivity contribution in [1.29, 1.82) is 0 Å². The molecule has 0 aliphatic heterocycles. The Balaban J connectivity index is 2.67. The Kier molecular flexibility index (Phi) is 6.11. The summed E-state index contributed by atoms with van der Waals surface area (Å²) in [5.41, 5.74) is 3.29. The Morgan fingerprint density at radius 2 is 2.12 bits per heavy atom. The maximum Gasteiger partial charge on any atom is 0.210 e. The summed E-state index contributed by atoms with van der Waals surface area (Å²) < 4.78 is 0. The second kappa shape index (κ2) is 7.37. The van der Waals surface area contributed by atoms with Gasteiger partial charge < -0.3 is 5.32 Å². The van der Waals surface area contributed by atoms with Crippen LogP contribution in [-0.4, -0.2) is 12.5 Å². The standard InChI is InChI=1S/C11H16Cl2N4/c1-2-3-6-15-11(17-14)16-8-4-5-9(12)10(13)7-8/h4-5,7H,2-3,6,14H2,1H3,(H2,15,16,17). The fourth-order valence-electron chi connectivity index (χ4n) is 1.18. The van der Waals surface area contributed by atoms with E-state index in [0.717, 1.165) is 25.1 Å². The number of nitrogens with one attached hydrogen (secondary N) is 2. The van der Waals surface area contributed by atoms with Crippen molar-refractivity contribution < 1.29 is 0 Å². The smallest absolute Gasteiger partial charge is 0.210 e. The van der Waals surface area contributed by atoms with Crippen molar-refractivity contribution in [3.05, 3.63) is 28.2 Å². The van der Waals surface area contributed by atoms with Crippen molar-refractivity contribution in [2.45, 2.75) is 19.8 Å². The lowest BCUT2D eigenvalue weighted by Crippen LogP contribution is -2.36. The van der Waals surface area contributed by atoms with Crippen molar-refractivity contribution >= 4 is 34.8 Å². The summed E-state index contributed by atoms with van der Waals surface area (Å²) in [4.78, 5) is 4.27. The minimum atomic E-state index is 0.488. The van der Waals surface area contributed by atoms with E-state index in [0.29, 0.717) is 16.0 Å². The highest BCUT2D eigenvalue weighted by Crippen LogP contribution is 2.24. The van der Waals surface area contributed by atoms with E-state index in [2.05, 4.69) is 22.7 Å². The molecule has 0 fully saturated rings. The van der Waals surface area contributed by atoms with Crippen LogP contribution in [0.2, 0.25) is 10.0 Å². The predicted molar refractivity (Wildman–Crippen MR) is 74.6 cm³/mol. The third-order valence-corrected chi connectivity index (χ3v) is 2.84. The van der Waals surface area contributed by atoms with E-state index in [1.807, 2.05) is 0 Å². The quantitative estimate of drug-likeness (QED) is 0.260. The van der Waals surface area contributed by atoms with Crippen LogP contribution in [0.15, 0.2) is 23.2 Å². The summed E-state index contributed by atoms with van der Waals surface area (Å²) in [7, 11) is 0. The first-order valence-electron chi connectivity index (χ1n) is 5.40. The molecular weight excluding hydrogens is 259 g/mol. The summed E-state index contributed by atoms with van der Waals surface area (Å²) in [6, 6.07) is 5.24. The van der Waals surface area contributed by atoms with Crippen molar-refractivity contribution in [2.24, 2.45) is 10.8 Å². The predicted octanol–water partition coefficient (Wildman–Crippen LogP) is 3.02. The van der Waals surface area contributed by atoms with Crippen LogP contribution in [0, 0.1) is 0 Å². The largest absolute Gasteiger partial charge is 0.325 e. The molecule has 0 heterocycles. The first kappa shape index (κ1) is 14.1. The van der Waals surface area contributed by atoms with Crippen molar-refractivity contribution in [3.8, 4) is 0 Å². The van der Waals surface area contributed by atoms with Gasteiger partial charge in [-0.15, -0.1) is 0 Å². The van der Waals surface area contributed by atoms with E-state index in [1.54, 1.807) is 18.2 Å². The number of hydrogen-bond donors (Lipinski definition) is 3. The fourth-order valence-corrected chi connectivity index (χ4v) is 1.48. The zero-order chi connectivity index (χ0) is 12.7. The molecule has 0 saturated carbocycles. The lowest BCUT2D eigenvalue weighted by molar-refractivity contribution is 0.801. The second-order valence-electron chi connectivity index (χ2n) is 3.48. The van der Waals surface area contributed by atoms with Gasteiger partial charge in [0.2, 0.25) is 5.96 Å². The van der Waals surface area contributed by atoms with Crippen molar-refractivity contribution in [2.75, 3.05) is 11.9 Å². The number of hydrazine groups is 1. The van der Waals surface area contributed by atoms with Crippen molar-refractivity contribution in [1.82, 2.24) is 5.43 Å². The molecule has 0 spiro atoms. The Hall–Kier alpha value is -0.970. The molecule has 1 aromatic carbocycles. The van der Waals surface area contributed by atoms with Crippen LogP contribution in [-0.2, 0) is 0 Å². The number of guanidine groups is 1. The third kappa shape index (κ3) is 4.81. The van der Waals surface area contributed by atoms with E-state index < -0.39 is 0 Å². The lowest BCUT2D eigenvalue weighted by Gasteiger charge is -2.09. The minimum Gasteiger partial charge on any atom is -0.325 e. The number of nitrogens with zero attached hydrogens (tertiary/aromatic N) is 1. The third-order valence-electron chi connectivity index (χ3n) is 2.10. The Morgan fingerprint density at radius 3 is 2.71 bits per heavy atom. The van der Waals surface area contributed by atoms with E-state index in [4.69, 9.17) is 29.0 Å². The van der Waals surface area contributed by atoms with Gasteiger partial charge >= 0.3 is 0 Å². The number of halogens is 2. The van der Waals surface area contributed by atoms with E-state index in [1.165, 1.54) is 0 Å². The van der Waals surface area contributed by atoms with Gasteiger partial charge in [0.05, 0.1) is 10.0 Å². The molecule has 6 heteroatoms. The second-order valence-corrected chi connectivity index (χ2v) is 4.30. The van der Waals surface area contributed by atoms with Gasteiger partial charge in [-0.25, -0.2) is 5.84 Å². The molecule has 4 nitrogen and oxygen atoms in total. The summed E-state index contributed by atoms with van der Waals surface area (Å²) >= 11 is 11.7. The molecule has 0 amide bonds. The van der Waals surface area contributed by atoms with Gasteiger partial charge in [-0.2, -0.15) is 0 Å². The van der Waals surface area contributed by atoms with E-state index >= 15 is 0 Å². The summed E-state index contributed by atoms with van der Waals surface area (Å²) in [5.74, 6) is 5.88. The molecule has 94 valence electrons. The number of rotatable bonds is 4. The monoisotopic (exact) mass is 274 g/mol. The normalized spacial score (nSPS) is 11.4. The SMILES string of the molecule is CCCCN=C(NN)Nc1ccc(Cl)c(Cl)c1. The van der Waals surface area contributed by atoms with Gasteiger partial charge in [-0.1, -0.05) is 36.5 Å². The minimum absolute atomic E-state index is 0.488. The number of aliphatic imine (C=N–C) groups is 1. The molecule has 17 heavy (non-hydrogen) atoms.